The van der Waals surface area contributed by atoms with Gasteiger partial charge in [0.25, 0.3) is 0 Å². The van der Waals surface area contributed by atoms with E-state index in [1.165, 1.54) is 19.9 Å². The smallest absolute Gasteiger partial charge is 0.390 e. The zero-order chi connectivity index (χ0) is 17.6. The van der Waals surface area contributed by atoms with Crippen LogP contribution in [-0.4, -0.2) is 32.3 Å². The zero-order valence-corrected chi connectivity index (χ0v) is 16.8. The van der Waals surface area contributed by atoms with Crippen molar-refractivity contribution in [3.63, 3.8) is 0 Å². The molecule has 0 spiro atoms. The second-order valence-electron chi connectivity index (χ2n) is 6.08. The Morgan fingerprint density at radius 3 is 2.60 bits per heavy atom. The third-order valence-corrected chi connectivity index (χ3v) is 3.76. The number of alkyl halides is 3. The summed E-state index contributed by atoms with van der Waals surface area (Å²) in [5, 5.41) is 5.69. The number of guanidine groups is 1. The van der Waals surface area contributed by atoms with Crippen molar-refractivity contribution in [2.45, 2.75) is 38.9 Å². The molecular weight excluding hydrogens is 446 g/mol. The van der Waals surface area contributed by atoms with E-state index in [0.29, 0.717) is 18.4 Å². The summed E-state index contributed by atoms with van der Waals surface area (Å²) in [6.07, 6.45) is -2.63. The maximum atomic E-state index is 12.2. The second-order valence-corrected chi connectivity index (χ2v) is 6.08. The number of halogens is 4. The molecule has 0 atom stereocenters. The molecule has 1 fully saturated rings. The van der Waals surface area contributed by atoms with Crippen LogP contribution in [0.4, 0.5) is 13.2 Å². The van der Waals surface area contributed by atoms with Crippen molar-refractivity contribution >= 4 is 29.9 Å². The van der Waals surface area contributed by atoms with Crippen LogP contribution in [0.2, 0.25) is 0 Å². The van der Waals surface area contributed by atoms with E-state index in [9.17, 15) is 13.2 Å². The van der Waals surface area contributed by atoms with E-state index in [-0.39, 0.29) is 30.5 Å². The van der Waals surface area contributed by atoms with Gasteiger partial charge in [0.2, 0.25) is 0 Å². The van der Waals surface area contributed by atoms with E-state index in [2.05, 4.69) is 15.6 Å². The molecule has 0 heterocycles. The number of hydrogen-bond donors (Lipinski definition) is 2. The monoisotopic (exact) mass is 471 g/mol. The lowest BCUT2D eigenvalue weighted by molar-refractivity contribution is -0.132. The van der Waals surface area contributed by atoms with Gasteiger partial charge in [0.15, 0.2) is 5.96 Å². The fourth-order valence-corrected chi connectivity index (χ4v) is 2.16. The average Bonchev–Trinajstić information content (AvgIpc) is 3.33. The second kappa shape index (κ2) is 10.1. The molecule has 2 rings (SSSR count). The number of benzene rings is 1. The average molecular weight is 471 g/mol. The number of hydrogen-bond acceptors (Lipinski definition) is 2. The summed E-state index contributed by atoms with van der Waals surface area (Å²) in [4.78, 5) is 3.94. The van der Waals surface area contributed by atoms with Crippen LogP contribution < -0.4 is 15.4 Å². The quantitative estimate of drug-likeness (QED) is 0.359. The third-order valence-electron chi connectivity index (χ3n) is 3.76. The van der Waals surface area contributed by atoms with Gasteiger partial charge in [0.05, 0.1) is 13.0 Å². The van der Waals surface area contributed by atoms with Crippen molar-refractivity contribution in [3.8, 4) is 5.75 Å². The first kappa shape index (κ1) is 21.9. The van der Waals surface area contributed by atoms with E-state index in [1.54, 1.807) is 0 Å². The van der Waals surface area contributed by atoms with Crippen molar-refractivity contribution < 1.29 is 17.9 Å². The molecule has 0 saturated heterocycles. The van der Waals surface area contributed by atoms with Crippen LogP contribution in [0.5, 0.6) is 5.75 Å². The molecule has 1 aromatic carbocycles. The maximum Gasteiger partial charge on any atom is 0.390 e. The minimum atomic E-state index is -4.17. The Balaban J connectivity index is 0.00000312. The molecule has 1 aliphatic carbocycles. The Kier molecular flexibility index (Phi) is 8.81. The van der Waals surface area contributed by atoms with Gasteiger partial charge in [-0.2, -0.15) is 13.2 Å². The number of aryl methyl sites for hydroxylation is 1. The maximum absolute atomic E-state index is 12.2. The minimum Gasteiger partial charge on any atom is -0.493 e. The molecule has 0 aliphatic heterocycles. The molecule has 1 aromatic rings. The molecule has 0 bridgehead atoms. The Bertz CT molecular complexity index is 575. The fourth-order valence-electron chi connectivity index (χ4n) is 2.16. The summed E-state index contributed by atoms with van der Waals surface area (Å²) in [6, 6.07) is 5.94. The van der Waals surface area contributed by atoms with Gasteiger partial charge in [-0.15, -0.1) is 24.0 Å². The summed E-state index contributed by atoms with van der Waals surface area (Å²) in [5.74, 6) is 1.82. The normalized spacial score (nSPS) is 14.7. The van der Waals surface area contributed by atoms with Gasteiger partial charge < -0.3 is 15.4 Å². The Morgan fingerprint density at radius 1 is 1.28 bits per heavy atom. The minimum absolute atomic E-state index is 0. The van der Waals surface area contributed by atoms with Crippen LogP contribution in [0.1, 0.15) is 30.4 Å². The highest BCUT2D eigenvalue weighted by Crippen LogP contribution is 2.30. The van der Waals surface area contributed by atoms with Crippen LogP contribution in [0.25, 0.3) is 0 Å². The molecule has 0 radical (unpaired) electrons. The van der Waals surface area contributed by atoms with Crippen molar-refractivity contribution in [2.24, 2.45) is 10.9 Å². The Hall–Kier alpha value is -1.19. The first-order valence-corrected chi connectivity index (χ1v) is 8.11. The molecule has 142 valence electrons. The van der Waals surface area contributed by atoms with Gasteiger partial charge in [0, 0.05) is 25.7 Å². The summed E-state index contributed by atoms with van der Waals surface area (Å²) in [6.45, 7) is 2.95. The predicted octanol–water partition coefficient (Wildman–Crippen LogP) is 4.02. The van der Waals surface area contributed by atoms with E-state index in [4.69, 9.17) is 4.74 Å². The van der Waals surface area contributed by atoms with E-state index in [0.717, 1.165) is 23.5 Å². The van der Waals surface area contributed by atoms with Crippen LogP contribution in [-0.2, 0) is 6.54 Å². The lowest BCUT2D eigenvalue weighted by Gasteiger charge is -2.16. The summed E-state index contributed by atoms with van der Waals surface area (Å²) >= 11 is 0. The van der Waals surface area contributed by atoms with Gasteiger partial charge in [-0.05, 0) is 37.3 Å². The van der Waals surface area contributed by atoms with E-state index < -0.39 is 12.6 Å². The SMILES string of the molecule is CN=C(NCCC(F)(F)F)NCc1ccc(C)cc1OCC1CC1.I. The largest absolute Gasteiger partial charge is 0.493 e. The summed E-state index contributed by atoms with van der Waals surface area (Å²) in [7, 11) is 1.53. The lowest BCUT2D eigenvalue weighted by atomic mass is 10.1. The number of ether oxygens (including phenoxy) is 1. The molecule has 25 heavy (non-hydrogen) atoms. The summed E-state index contributed by atoms with van der Waals surface area (Å²) < 4.78 is 42.5. The molecule has 0 aromatic heterocycles. The zero-order valence-electron chi connectivity index (χ0n) is 14.4. The van der Waals surface area contributed by atoms with Gasteiger partial charge in [0.1, 0.15) is 5.75 Å². The molecule has 0 amide bonds. The van der Waals surface area contributed by atoms with Crippen LogP contribution in [0, 0.1) is 12.8 Å². The van der Waals surface area contributed by atoms with Gasteiger partial charge in [-0.1, -0.05) is 12.1 Å². The predicted molar refractivity (Wildman–Crippen MR) is 104 cm³/mol. The number of aliphatic imine (C=N–C) groups is 1. The highest BCUT2D eigenvalue weighted by molar-refractivity contribution is 14.0. The van der Waals surface area contributed by atoms with Crippen molar-refractivity contribution in [2.75, 3.05) is 20.2 Å². The molecular formula is C17H25F3IN3O. The highest BCUT2D eigenvalue weighted by Gasteiger charge is 2.26. The number of nitrogens with zero attached hydrogens (tertiary/aromatic N) is 1. The van der Waals surface area contributed by atoms with E-state index in [1.807, 2.05) is 25.1 Å². The van der Waals surface area contributed by atoms with E-state index >= 15 is 0 Å². The fraction of sp³-hybridized carbons (Fsp3) is 0.588. The van der Waals surface area contributed by atoms with Crippen LogP contribution >= 0.6 is 24.0 Å². The van der Waals surface area contributed by atoms with Gasteiger partial charge >= 0.3 is 6.18 Å². The molecule has 0 unspecified atom stereocenters. The molecule has 8 heteroatoms. The Morgan fingerprint density at radius 2 is 2.00 bits per heavy atom. The number of rotatable bonds is 7. The molecule has 1 saturated carbocycles. The van der Waals surface area contributed by atoms with Crippen LogP contribution in [0.15, 0.2) is 23.2 Å². The van der Waals surface area contributed by atoms with Crippen molar-refractivity contribution in [1.82, 2.24) is 10.6 Å². The molecule has 4 nitrogen and oxygen atoms in total. The van der Waals surface area contributed by atoms with Crippen molar-refractivity contribution in [1.29, 1.82) is 0 Å². The highest BCUT2D eigenvalue weighted by atomic mass is 127. The van der Waals surface area contributed by atoms with Crippen molar-refractivity contribution in [3.05, 3.63) is 29.3 Å². The van der Waals surface area contributed by atoms with Gasteiger partial charge in [-0.25, -0.2) is 0 Å². The van der Waals surface area contributed by atoms with Crippen LogP contribution in [0.3, 0.4) is 0 Å². The number of nitrogens with one attached hydrogen (secondary N) is 2. The first-order chi connectivity index (χ1) is 11.4. The molecule has 2 N–H and O–H groups in total. The van der Waals surface area contributed by atoms with Gasteiger partial charge in [-0.3, -0.25) is 4.99 Å². The summed E-state index contributed by atoms with van der Waals surface area (Å²) in [5.41, 5.74) is 2.07. The standard InChI is InChI=1S/C17H24F3N3O.HI/c1-12-3-6-14(15(9-12)24-11-13-4-5-13)10-23-16(21-2)22-8-7-17(18,19)20;/h3,6,9,13H,4-5,7-8,10-11H2,1-2H3,(H2,21,22,23);1H. The molecule has 1 aliphatic rings. The lowest BCUT2D eigenvalue weighted by Crippen LogP contribution is -2.38. The Labute approximate surface area is 163 Å². The first-order valence-electron chi connectivity index (χ1n) is 8.11. The topological polar surface area (TPSA) is 45.7 Å². The third kappa shape index (κ3) is 8.64.